The fraction of sp³-hybridized carbons (Fsp3) is 0. The largest absolute Gasteiger partial charge is 0.456 e. The van der Waals surface area contributed by atoms with Gasteiger partial charge in [0, 0.05) is 27.7 Å². The van der Waals surface area contributed by atoms with Crippen molar-refractivity contribution in [3.8, 4) is 33.4 Å². The summed E-state index contributed by atoms with van der Waals surface area (Å²) in [5.74, 6) is 0. The van der Waals surface area contributed by atoms with E-state index in [0.29, 0.717) is 0 Å². The van der Waals surface area contributed by atoms with Crippen molar-refractivity contribution in [1.82, 2.24) is 0 Å². The fourth-order valence-electron chi connectivity index (χ4n) is 7.66. The molecule has 0 bridgehead atoms. The second-order valence-electron chi connectivity index (χ2n) is 13.3. The molecule has 9 aromatic carbocycles. The van der Waals surface area contributed by atoms with Crippen molar-refractivity contribution in [2.24, 2.45) is 0 Å². The van der Waals surface area contributed by atoms with Crippen LogP contribution in [0.1, 0.15) is 0 Å². The Morgan fingerprint density at radius 2 is 0.846 bits per heavy atom. The van der Waals surface area contributed by atoms with Crippen molar-refractivity contribution in [1.29, 1.82) is 0 Å². The average molecular weight is 664 g/mol. The SMILES string of the molecule is c1ccc(-c2ccc(N(c3ccc(-c4ccc5c(c4)oc4cc6ccccc6cc45)cc3)c3ccccc3-c3cccc4ccccc34)cc2)cc1. The highest BCUT2D eigenvalue weighted by atomic mass is 16.3. The van der Waals surface area contributed by atoms with Crippen molar-refractivity contribution in [3.63, 3.8) is 0 Å². The number of hydrogen-bond donors (Lipinski definition) is 0. The van der Waals surface area contributed by atoms with Gasteiger partial charge in [-0.05, 0) is 104 Å². The van der Waals surface area contributed by atoms with Gasteiger partial charge in [0.25, 0.3) is 0 Å². The zero-order chi connectivity index (χ0) is 34.4. The first-order chi connectivity index (χ1) is 25.8. The lowest BCUT2D eigenvalue weighted by molar-refractivity contribution is 0.669. The summed E-state index contributed by atoms with van der Waals surface area (Å²) in [5, 5.41) is 7.16. The van der Waals surface area contributed by atoms with E-state index in [2.05, 4.69) is 205 Å². The number of furan rings is 1. The van der Waals surface area contributed by atoms with Gasteiger partial charge in [-0.1, -0.05) is 146 Å². The molecule has 244 valence electrons. The zero-order valence-corrected chi connectivity index (χ0v) is 28.4. The van der Waals surface area contributed by atoms with Crippen LogP contribution in [-0.4, -0.2) is 0 Å². The van der Waals surface area contributed by atoms with E-state index in [1.54, 1.807) is 0 Å². The number of para-hydroxylation sites is 1. The summed E-state index contributed by atoms with van der Waals surface area (Å²) in [5.41, 5.74) is 12.2. The lowest BCUT2D eigenvalue weighted by Gasteiger charge is -2.28. The summed E-state index contributed by atoms with van der Waals surface area (Å²) in [7, 11) is 0. The van der Waals surface area contributed by atoms with Gasteiger partial charge in [0.05, 0.1) is 5.69 Å². The Kier molecular flexibility index (Phi) is 7.18. The fourth-order valence-corrected chi connectivity index (χ4v) is 7.66. The van der Waals surface area contributed by atoms with Gasteiger partial charge in [-0.15, -0.1) is 0 Å². The van der Waals surface area contributed by atoms with Gasteiger partial charge in [0.2, 0.25) is 0 Å². The van der Waals surface area contributed by atoms with Gasteiger partial charge in [-0.2, -0.15) is 0 Å². The summed E-state index contributed by atoms with van der Waals surface area (Å²) < 4.78 is 6.42. The monoisotopic (exact) mass is 663 g/mol. The highest BCUT2D eigenvalue weighted by Crippen LogP contribution is 2.43. The third-order valence-corrected chi connectivity index (χ3v) is 10.3. The third-order valence-electron chi connectivity index (χ3n) is 10.3. The zero-order valence-electron chi connectivity index (χ0n) is 28.4. The number of anilines is 3. The minimum atomic E-state index is 0.899. The Labute approximate surface area is 302 Å². The molecular weight excluding hydrogens is 631 g/mol. The van der Waals surface area contributed by atoms with Crippen LogP contribution in [0.2, 0.25) is 0 Å². The minimum Gasteiger partial charge on any atom is -0.456 e. The second kappa shape index (κ2) is 12.5. The molecule has 0 aliphatic heterocycles. The number of rotatable bonds is 6. The maximum atomic E-state index is 6.42. The van der Waals surface area contributed by atoms with Crippen molar-refractivity contribution in [3.05, 3.63) is 200 Å². The summed E-state index contributed by atoms with van der Waals surface area (Å²) in [4.78, 5) is 2.38. The lowest BCUT2D eigenvalue weighted by Crippen LogP contribution is -2.11. The molecule has 1 heterocycles. The van der Waals surface area contributed by atoms with E-state index in [1.807, 2.05) is 0 Å². The molecule has 52 heavy (non-hydrogen) atoms. The van der Waals surface area contributed by atoms with Crippen LogP contribution in [0.3, 0.4) is 0 Å². The average Bonchev–Trinajstić information content (AvgIpc) is 3.57. The first-order valence-corrected chi connectivity index (χ1v) is 17.8. The first kappa shape index (κ1) is 30.0. The molecule has 2 heteroatoms. The Morgan fingerprint density at radius 1 is 0.308 bits per heavy atom. The highest BCUT2D eigenvalue weighted by Gasteiger charge is 2.19. The van der Waals surface area contributed by atoms with Crippen LogP contribution in [0.5, 0.6) is 0 Å². The van der Waals surface area contributed by atoms with E-state index in [4.69, 9.17) is 4.42 Å². The van der Waals surface area contributed by atoms with Crippen molar-refractivity contribution < 1.29 is 4.42 Å². The van der Waals surface area contributed by atoms with E-state index in [1.165, 1.54) is 43.8 Å². The summed E-state index contributed by atoms with van der Waals surface area (Å²) in [6.45, 7) is 0. The Bertz CT molecular complexity index is 2880. The molecule has 0 unspecified atom stereocenters. The van der Waals surface area contributed by atoms with Crippen molar-refractivity contribution in [2.75, 3.05) is 4.90 Å². The maximum Gasteiger partial charge on any atom is 0.136 e. The number of benzene rings is 9. The molecule has 0 saturated heterocycles. The Balaban J connectivity index is 1.08. The minimum absolute atomic E-state index is 0.899. The predicted octanol–water partition coefficient (Wildman–Crippen LogP) is 14.4. The number of fused-ring (bicyclic) bond motifs is 5. The van der Waals surface area contributed by atoms with Crippen LogP contribution in [0.25, 0.3) is 76.9 Å². The standard InChI is InChI=1S/C50H33NO/c1-2-11-34(12-3-1)35-21-26-41(27-22-35)51(48-20-9-8-18-45(48)44-19-10-16-37-13-6-7-17-43(37)44)42-28-23-36(24-29-42)40-25-30-46-47-31-38-14-4-5-15-39(38)32-50(47)52-49(46)33-40/h1-33H. The molecule has 10 aromatic rings. The highest BCUT2D eigenvalue weighted by molar-refractivity contribution is 6.10. The molecule has 1 aromatic heterocycles. The van der Waals surface area contributed by atoms with Gasteiger partial charge in [0.1, 0.15) is 11.2 Å². The molecule has 10 rings (SSSR count). The maximum absolute atomic E-state index is 6.42. The van der Waals surface area contributed by atoms with Gasteiger partial charge >= 0.3 is 0 Å². The molecule has 2 nitrogen and oxygen atoms in total. The molecule has 0 saturated carbocycles. The molecular formula is C50H33NO. The quantitative estimate of drug-likeness (QED) is 0.176. The molecule has 0 aliphatic rings. The van der Waals surface area contributed by atoms with E-state index in [9.17, 15) is 0 Å². The smallest absolute Gasteiger partial charge is 0.136 e. The molecule has 0 spiro atoms. The van der Waals surface area contributed by atoms with Gasteiger partial charge in [-0.3, -0.25) is 0 Å². The molecule has 0 N–H and O–H groups in total. The van der Waals surface area contributed by atoms with E-state index in [0.717, 1.165) is 50.1 Å². The molecule has 0 atom stereocenters. The Morgan fingerprint density at radius 3 is 1.62 bits per heavy atom. The topological polar surface area (TPSA) is 16.4 Å². The summed E-state index contributed by atoms with van der Waals surface area (Å²) >= 11 is 0. The van der Waals surface area contributed by atoms with E-state index < -0.39 is 0 Å². The van der Waals surface area contributed by atoms with Crippen LogP contribution < -0.4 is 4.90 Å². The second-order valence-corrected chi connectivity index (χ2v) is 13.3. The van der Waals surface area contributed by atoms with E-state index >= 15 is 0 Å². The van der Waals surface area contributed by atoms with Gasteiger partial charge < -0.3 is 9.32 Å². The van der Waals surface area contributed by atoms with Crippen LogP contribution >= 0.6 is 0 Å². The van der Waals surface area contributed by atoms with Crippen molar-refractivity contribution >= 4 is 60.5 Å². The normalized spacial score (nSPS) is 11.5. The molecule has 0 amide bonds. The predicted molar refractivity (Wildman–Crippen MR) is 220 cm³/mol. The Hall–Kier alpha value is -6.90. The van der Waals surface area contributed by atoms with Gasteiger partial charge in [0.15, 0.2) is 0 Å². The number of hydrogen-bond acceptors (Lipinski definition) is 2. The van der Waals surface area contributed by atoms with E-state index in [-0.39, 0.29) is 0 Å². The summed E-state index contributed by atoms with van der Waals surface area (Å²) in [6.07, 6.45) is 0. The van der Waals surface area contributed by atoms with Crippen LogP contribution in [-0.2, 0) is 0 Å². The van der Waals surface area contributed by atoms with Crippen LogP contribution in [0, 0.1) is 0 Å². The molecule has 0 radical (unpaired) electrons. The first-order valence-electron chi connectivity index (χ1n) is 17.8. The number of nitrogens with zero attached hydrogens (tertiary/aromatic N) is 1. The lowest BCUT2D eigenvalue weighted by atomic mass is 9.96. The van der Waals surface area contributed by atoms with Crippen molar-refractivity contribution in [2.45, 2.75) is 0 Å². The molecule has 0 fully saturated rings. The van der Waals surface area contributed by atoms with Gasteiger partial charge in [-0.25, -0.2) is 0 Å². The molecule has 0 aliphatic carbocycles. The summed E-state index contributed by atoms with van der Waals surface area (Å²) in [6, 6.07) is 71.7. The third kappa shape index (κ3) is 5.21. The van der Waals surface area contributed by atoms with Crippen LogP contribution in [0.15, 0.2) is 205 Å². The van der Waals surface area contributed by atoms with Crippen LogP contribution in [0.4, 0.5) is 17.1 Å².